The Labute approximate surface area is 206 Å². The number of hydrogen-bond acceptors (Lipinski definition) is 8. The van der Waals surface area contributed by atoms with Crippen molar-refractivity contribution in [3.63, 3.8) is 0 Å². The molecule has 0 saturated carbocycles. The van der Waals surface area contributed by atoms with Crippen LogP contribution in [0.3, 0.4) is 0 Å². The van der Waals surface area contributed by atoms with Gasteiger partial charge in [-0.15, -0.1) is 11.3 Å². The SMILES string of the molecule is CCOC[C@@H](O)CN(CCOC)CC(=O)N1CCc2sccc2[C@@H]1COc1cccc(OC)c1. The van der Waals surface area contributed by atoms with Gasteiger partial charge in [0.25, 0.3) is 0 Å². The van der Waals surface area contributed by atoms with Gasteiger partial charge >= 0.3 is 0 Å². The van der Waals surface area contributed by atoms with Crippen molar-refractivity contribution in [1.29, 1.82) is 0 Å². The van der Waals surface area contributed by atoms with Crippen molar-refractivity contribution < 1.29 is 28.8 Å². The van der Waals surface area contributed by atoms with E-state index in [1.54, 1.807) is 25.6 Å². The summed E-state index contributed by atoms with van der Waals surface area (Å²) in [5.74, 6) is 1.44. The van der Waals surface area contributed by atoms with Gasteiger partial charge in [-0.3, -0.25) is 9.69 Å². The number of amides is 1. The third-order valence-corrected chi connectivity index (χ3v) is 6.81. The van der Waals surface area contributed by atoms with Crippen molar-refractivity contribution in [2.24, 2.45) is 0 Å². The molecular formula is C25H36N2O6S. The fourth-order valence-electron chi connectivity index (χ4n) is 4.08. The zero-order chi connectivity index (χ0) is 24.3. The molecule has 0 unspecified atom stereocenters. The molecule has 0 radical (unpaired) electrons. The molecule has 1 aliphatic rings. The highest BCUT2D eigenvalue weighted by atomic mass is 32.1. The summed E-state index contributed by atoms with van der Waals surface area (Å²) in [5, 5.41) is 12.4. The maximum Gasteiger partial charge on any atom is 0.237 e. The van der Waals surface area contributed by atoms with E-state index in [1.165, 1.54) is 4.88 Å². The van der Waals surface area contributed by atoms with Crippen molar-refractivity contribution in [2.45, 2.75) is 25.5 Å². The Hall–Kier alpha value is -2.17. The van der Waals surface area contributed by atoms with Crippen LogP contribution in [-0.4, -0.2) is 93.7 Å². The van der Waals surface area contributed by atoms with Crippen molar-refractivity contribution in [3.05, 3.63) is 46.2 Å². The van der Waals surface area contributed by atoms with E-state index in [-0.39, 0.29) is 25.1 Å². The molecule has 0 bridgehead atoms. The second-order valence-corrected chi connectivity index (χ2v) is 9.18. The van der Waals surface area contributed by atoms with Gasteiger partial charge in [0.15, 0.2) is 0 Å². The Balaban J connectivity index is 1.70. The molecule has 1 aromatic heterocycles. The molecule has 0 spiro atoms. The molecule has 0 fully saturated rings. The first kappa shape index (κ1) is 26.4. The standard InChI is InChI=1S/C25H36N2O6S/c1-4-32-17-19(28)15-26(11-12-30-2)16-25(29)27-10-8-24-22(9-13-34-24)23(27)18-33-21-7-5-6-20(14-21)31-3/h5-7,9,13-14,19,23,28H,4,8,10-12,15-18H2,1-3H3/t19-,23-/m0/s1. The topological polar surface area (TPSA) is 80.7 Å². The van der Waals surface area contributed by atoms with E-state index in [2.05, 4.69) is 11.4 Å². The smallest absolute Gasteiger partial charge is 0.237 e. The van der Waals surface area contributed by atoms with Gasteiger partial charge in [0.05, 0.1) is 39.0 Å². The number of carbonyl (C=O) groups excluding carboxylic acids is 1. The number of methoxy groups -OCH3 is 2. The number of nitrogens with zero attached hydrogens (tertiary/aromatic N) is 2. The lowest BCUT2D eigenvalue weighted by atomic mass is 10.0. The van der Waals surface area contributed by atoms with Crippen LogP contribution in [0.1, 0.15) is 23.4 Å². The number of carbonyl (C=O) groups is 1. The first-order valence-corrected chi connectivity index (χ1v) is 12.5. The minimum absolute atomic E-state index is 0.0100. The van der Waals surface area contributed by atoms with Crippen LogP contribution in [0, 0.1) is 0 Å². The Bertz CT molecular complexity index is 892. The Kier molecular flexibility index (Phi) is 10.6. The van der Waals surface area contributed by atoms with E-state index >= 15 is 0 Å². The summed E-state index contributed by atoms with van der Waals surface area (Å²) in [6.45, 7) is 5.24. The molecule has 9 heteroatoms. The number of thiophene rings is 1. The van der Waals surface area contributed by atoms with Gasteiger partial charge in [0.2, 0.25) is 5.91 Å². The Morgan fingerprint density at radius 1 is 1.29 bits per heavy atom. The maximum atomic E-state index is 13.5. The van der Waals surface area contributed by atoms with Crippen LogP contribution in [0.25, 0.3) is 0 Å². The molecule has 34 heavy (non-hydrogen) atoms. The zero-order valence-electron chi connectivity index (χ0n) is 20.3. The fraction of sp³-hybridized carbons (Fsp3) is 0.560. The molecule has 2 aromatic rings. The van der Waals surface area contributed by atoms with Crippen LogP contribution in [-0.2, 0) is 20.7 Å². The van der Waals surface area contributed by atoms with Gasteiger partial charge in [-0.1, -0.05) is 6.07 Å². The number of hydrogen-bond donors (Lipinski definition) is 1. The quantitative estimate of drug-likeness (QED) is 0.434. The summed E-state index contributed by atoms with van der Waals surface area (Å²) >= 11 is 1.72. The van der Waals surface area contributed by atoms with Crippen LogP contribution >= 0.6 is 11.3 Å². The van der Waals surface area contributed by atoms with E-state index in [0.29, 0.717) is 45.2 Å². The van der Waals surface area contributed by atoms with Gasteiger partial charge in [0.1, 0.15) is 18.1 Å². The first-order chi connectivity index (χ1) is 16.5. The van der Waals surface area contributed by atoms with Gasteiger partial charge in [0, 0.05) is 44.3 Å². The predicted octanol–water partition coefficient (Wildman–Crippen LogP) is 2.61. The highest BCUT2D eigenvalue weighted by Crippen LogP contribution is 2.34. The van der Waals surface area contributed by atoms with Crippen molar-refractivity contribution >= 4 is 17.2 Å². The van der Waals surface area contributed by atoms with Crippen molar-refractivity contribution in [1.82, 2.24) is 9.80 Å². The molecule has 1 amide bonds. The number of ether oxygens (including phenoxy) is 4. The second-order valence-electron chi connectivity index (χ2n) is 8.18. The monoisotopic (exact) mass is 492 g/mol. The average Bonchev–Trinajstić information content (AvgIpc) is 3.33. The van der Waals surface area contributed by atoms with E-state index in [1.807, 2.05) is 41.0 Å². The maximum absolute atomic E-state index is 13.5. The molecule has 0 saturated heterocycles. The lowest BCUT2D eigenvalue weighted by molar-refractivity contribution is -0.136. The number of fused-ring (bicyclic) bond motifs is 1. The summed E-state index contributed by atoms with van der Waals surface area (Å²) in [5.41, 5.74) is 1.15. The minimum atomic E-state index is -0.665. The Morgan fingerprint density at radius 3 is 2.88 bits per heavy atom. The molecule has 8 nitrogen and oxygen atoms in total. The normalized spacial score (nSPS) is 16.4. The molecule has 2 heterocycles. The minimum Gasteiger partial charge on any atom is -0.497 e. The van der Waals surface area contributed by atoms with Crippen LogP contribution in [0.2, 0.25) is 0 Å². The molecular weight excluding hydrogens is 456 g/mol. The van der Waals surface area contributed by atoms with Gasteiger partial charge in [-0.2, -0.15) is 0 Å². The number of aliphatic hydroxyl groups excluding tert-OH is 1. The number of aliphatic hydroxyl groups is 1. The first-order valence-electron chi connectivity index (χ1n) is 11.6. The lowest BCUT2D eigenvalue weighted by Gasteiger charge is -2.37. The van der Waals surface area contributed by atoms with Crippen molar-refractivity contribution in [3.8, 4) is 11.5 Å². The molecule has 188 valence electrons. The molecule has 1 N–H and O–H groups in total. The summed E-state index contributed by atoms with van der Waals surface area (Å²) in [4.78, 5) is 18.6. The van der Waals surface area contributed by atoms with Crippen LogP contribution in [0.4, 0.5) is 0 Å². The van der Waals surface area contributed by atoms with Gasteiger partial charge < -0.3 is 29.0 Å². The van der Waals surface area contributed by atoms with Crippen LogP contribution in [0.5, 0.6) is 11.5 Å². The molecule has 3 rings (SSSR count). The molecule has 0 aliphatic carbocycles. The summed E-state index contributed by atoms with van der Waals surface area (Å²) in [6, 6.07) is 9.40. The Morgan fingerprint density at radius 2 is 2.12 bits per heavy atom. The second kappa shape index (κ2) is 13.7. The number of rotatable bonds is 14. The van der Waals surface area contributed by atoms with Crippen LogP contribution in [0.15, 0.2) is 35.7 Å². The molecule has 1 aromatic carbocycles. The lowest BCUT2D eigenvalue weighted by Crippen LogP contribution is -2.48. The highest BCUT2D eigenvalue weighted by molar-refractivity contribution is 7.10. The van der Waals surface area contributed by atoms with Crippen molar-refractivity contribution in [2.75, 3.05) is 66.8 Å². The number of benzene rings is 1. The predicted molar refractivity (Wildman–Crippen MR) is 132 cm³/mol. The van der Waals surface area contributed by atoms with E-state index < -0.39 is 6.10 Å². The van der Waals surface area contributed by atoms with Gasteiger partial charge in [-0.25, -0.2) is 0 Å². The zero-order valence-corrected chi connectivity index (χ0v) is 21.1. The van der Waals surface area contributed by atoms with Crippen LogP contribution < -0.4 is 9.47 Å². The van der Waals surface area contributed by atoms with E-state index in [9.17, 15) is 9.90 Å². The van der Waals surface area contributed by atoms with E-state index in [0.717, 1.165) is 17.7 Å². The third-order valence-electron chi connectivity index (χ3n) is 5.82. The summed E-state index contributed by atoms with van der Waals surface area (Å²) in [6.07, 6.45) is 0.168. The molecule has 2 atom stereocenters. The average molecular weight is 493 g/mol. The molecule has 1 aliphatic heterocycles. The third kappa shape index (κ3) is 7.41. The van der Waals surface area contributed by atoms with E-state index in [4.69, 9.17) is 18.9 Å². The van der Waals surface area contributed by atoms with Gasteiger partial charge in [-0.05, 0) is 42.5 Å². The summed E-state index contributed by atoms with van der Waals surface area (Å²) in [7, 11) is 3.25. The fourth-order valence-corrected chi connectivity index (χ4v) is 5.01. The highest BCUT2D eigenvalue weighted by Gasteiger charge is 2.33. The summed E-state index contributed by atoms with van der Waals surface area (Å²) < 4.78 is 22.0. The largest absolute Gasteiger partial charge is 0.497 e.